The van der Waals surface area contributed by atoms with Crippen LogP contribution in [-0.2, 0) is 0 Å². The minimum atomic E-state index is -0.846. The highest BCUT2D eigenvalue weighted by molar-refractivity contribution is 5.98. The molecular weight excluding hydrogens is 426 g/mol. The Bertz CT molecular complexity index is 1200. The summed E-state index contributed by atoms with van der Waals surface area (Å²) in [6.45, 7) is 7.97. The van der Waals surface area contributed by atoms with E-state index in [1.54, 1.807) is 13.8 Å². The lowest BCUT2D eigenvalue weighted by Crippen LogP contribution is -2.32. The first-order valence-electron chi connectivity index (χ1n) is 12.5. The number of carbonyl (C=O) groups excluding carboxylic acids is 1. The summed E-state index contributed by atoms with van der Waals surface area (Å²) >= 11 is 0. The third kappa shape index (κ3) is 4.94. The fourth-order valence-electron chi connectivity index (χ4n) is 4.70. The Morgan fingerprint density at radius 3 is 2.62 bits per heavy atom. The number of rotatable bonds is 8. The quantitative estimate of drug-likeness (QED) is 0.466. The zero-order chi connectivity index (χ0) is 23.9. The zero-order valence-corrected chi connectivity index (χ0v) is 20.5. The molecule has 1 aromatic carbocycles. The maximum atomic E-state index is 12.7. The normalized spacial score (nSPS) is 16.8. The molecule has 0 radical (unpaired) electrons. The van der Waals surface area contributed by atoms with Gasteiger partial charge in [-0.3, -0.25) is 4.79 Å². The van der Waals surface area contributed by atoms with Crippen molar-refractivity contribution in [1.29, 1.82) is 0 Å². The van der Waals surface area contributed by atoms with Crippen LogP contribution in [0, 0.1) is 12.8 Å². The first-order valence-corrected chi connectivity index (χ1v) is 12.5. The molecule has 2 aliphatic rings. The molecule has 1 aliphatic heterocycles. The van der Waals surface area contributed by atoms with Crippen LogP contribution >= 0.6 is 0 Å². The van der Waals surface area contributed by atoms with Crippen molar-refractivity contribution in [3.8, 4) is 11.3 Å². The summed E-state index contributed by atoms with van der Waals surface area (Å²) in [4.78, 5) is 19.7. The number of aliphatic hydroxyl groups is 1. The summed E-state index contributed by atoms with van der Waals surface area (Å²) in [5.41, 5.74) is 4.43. The van der Waals surface area contributed by atoms with Gasteiger partial charge in [-0.25, -0.2) is 9.50 Å². The number of carbonyl (C=O) groups is 1. The number of benzene rings is 1. The SMILES string of the molecule is Cc1cc(-c2cnc3c(NCC(C)(C)O)cc(N4CCCCC4)nn23)ccc1C(=O)CC1CC1. The number of anilines is 2. The number of Topliss-reactive ketones (excluding diaryl/α,β-unsaturated/α-hetero) is 1. The third-order valence-electron chi connectivity index (χ3n) is 6.84. The van der Waals surface area contributed by atoms with Crippen molar-refractivity contribution in [2.75, 3.05) is 29.9 Å². The van der Waals surface area contributed by atoms with Crippen LogP contribution in [0.4, 0.5) is 11.5 Å². The fourth-order valence-corrected chi connectivity index (χ4v) is 4.70. The number of aryl methyl sites for hydroxylation is 1. The average molecular weight is 462 g/mol. The molecule has 1 aliphatic carbocycles. The number of hydrogen-bond donors (Lipinski definition) is 2. The molecular formula is C27H35N5O2. The maximum Gasteiger partial charge on any atom is 0.177 e. The molecule has 0 spiro atoms. The first-order chi connectivity index (χ1) is 16.3. The number of piperidine rings is 1. The van der Waals surface area contributed by atoms with Crippen molar-refractivity contribution in [3.05, 3.63) is 41.6 Å². The Balaban J connectivity index is 1.53. The molecule has 34 heavy (non-hydrogen) atoms. The van der Waals surface area contributed by atoms with E-state index in [4.69, 9.17) is 5.10 Å². The van der Waals surface area contributed by atoms with E-state index in [1.807, 2.05) is 35.8 Å². The summed E-state index contributed by atoms with van der Waals surface area (Å²) in [5, 5.41) is 18.6. The summed E-state index contributed by atoms with van der Waals surface area (Å²) < 4.78 is 1.90. The molecule has 180 valence electrons. The molecule has 0 unspecified atom stereocenters. The summed E-state index contributed by atoms with van der Waals surface area (Å²) in [5.74, 6) is 1.74. The van der Waals surface area contributed by atoms with Crippen molar-refractivity contribution < 1.29 is 9.90 Å². The average Bonchev–Trinajstić information content (AvgIpc) is 3.52. The third-order valence-corrected chi connectivity index (χ3v) is 6.84. The lowest BCUT2D eigenvalue weighted by Gasteiger charge is -2.28. The fraction of sp³-hybridized carbons (Fsp3) is 0.519. The van der Waals surface area contributed by atoms with Gasteiger partial charge in [0, 0.05) is 43.2 Å². The van der Waals surface area contributed by atoms with Gasteiger partial charge in [0.1, 0.15) is 0 Å². The second kappa shape index (κ2) is 9.02. The number of ketones is 1. The number of nitrogens with one attached hydrogen (secondary N) is 1. The van der Waals surface area contributed by atoms with Crippen LogP contribution in [0.15, 0.2) is 30.5 Å². The Labute approximate surface area is 201 Å². The molecule has 0 amide bonds. The molecule has 1 saturated carbocycles. The molecule has 0 bridgehead atoms. The van der Waals surface area contributed by atoms with Gasteiger partial charge in [-0.15, -0.1) is 5.10 Å². The summed E-state index contributed by atoms with van der Waals surface area (Å²) in [7, 11) is 0. The second-order valence-electron chi connectivity index (χ2n) is 10.6. The van der Waals surface area contributed by atoms with E-state index >= 15 is 0 Å². The van der Waals surface area contributed by atoms with E-state index in [1.165, 1.54) is 32.1 Å². The Hall–Kier alpha value is -2.93. The minimum absolute atomic E-state index is 0.244. The topological polar surface area (TPSA) is 82.8 Å². The highest BCUT2D eigenvalue weighted by Crippen LogP contribution is 2.34. The first kappa shape index (κ1) is 22.8. The molecule has 0 atom stereocenters. The van der Waals surface area contributed by atoms with Gasteiger partial charge in [0.05, 0.1) is 23.2 Å². The van der Waals surface area contributed by atoms with Gasteiger partial charge in [-0.2, -0.15) is 0 Å². The molecule has 5 rings (SSSR count). The van der Waals surface area contributed by atoms with Crippen LogP contribution < -0.4 is 10.2 Å². The monoisotopic (exact) mass is 461 g/mol. The number of aromatic nitrogens is 3. The largest absolute Gasteiger partial charge is 0.389 e. The highest BCUT2D eigenvalue weighted by Gasteiger charge is 2.26. The smallest absolute Gasteiger partial charge is 0.177 e. The van der Waals surface area contributed by atoms with E-state index in [-0.39, 0.29) is 5.78 Å². The Morgan fingerprint density at radius 2 is 1.94 bits per heavy atom. The lowest BCUT2D eigenvalue weighted by molar-refractivity contribution is 0.0944. The predicted octanol–water partition coefficient (Wildman–Crippen LogP) is 4.86. The van der Waals surface area contributed by atoms with Crippen LogP contribution in [-0.4, -0.2) is 50.7 Å². The van der Waals surface area contributed by atoms with Crippen molar-refractivity contribution >= 4 is 22.9 Å². The molecule has 2 N–H and O–H groups in total. The van der Waals surface area contributed by atoms with Gasteiger partial charge in [0.2, 0.25) is 0 Å². The number of fused-ring (bicyclic) bond motifs is 1. The van der Waals surface area contributed by atoms with Crippen LogP contribution in [0.2, 0.25) is 0 Å². The van der Waals surface area contributed by atoms with Gasteiger partial charge in [0.25, 0.3) is 0 Å². The van der Waals surface area contributed by atoms with Gasteiger partial charge in [-0.1, -0.05) is 12.1 Å². The van der Waals surface area contributed by atoms with Gasteiger partial charge in [-0.05, 0) is 70.4 Å². The molecule has 2 fully saturated rings. The van der Waals surface area contributed by atoms with Crippen molar-refractivity contribution in [3.63, 3.8) is 0 Å². The zero-order valence-electron chi connectivity index (χ0n) is 20.5. The van der Waals surface area contributed by atoms with Gasteiger partial charge < -0.3 is 15.3 Å². The molecule has 2 aromatic heterocycles. The van der Waals surface area contributed by atoms with Crippen molar-refractivity contribution in [2.45, 2.75) is 64.9 Å². The van der Waals surface area contributed by atoms with Gasteiger partial charge in [0.15, 0.2) is 17.2 Å². The number of imidazole rings is 1. The highest BCUT2D eigenvalue weighted by atomic mass is 16.3. The predicted molar refractivity (Wildman–Crippen MR) is 136 cm³/mol. The van der Waals surface area contributed by atoms with Crippen molar-refractivity contribution in [1.82, 2.24) is 14.6 Å². The van der Waals surface area contributed by atoms with Gasteiger partial charge >= 0.3 is 0 Å². The Morgan fingerprint density at radius 1 is 1.18 bits per heavy atom. The van der Waals surface area contributed by atoms with Crippen LogP contribution in [0.3, 0.4) is 0 Å². The van der Waals surface area contributed by atoms with Crippen molar-refractivity contribution in [2.24, 2.45) is 5.92 Å². The Kier molecular flexibility index (Phi) is 6.06. The van der Waals surface area contributed by atoms with E-state index in [0.29, 0.717) is 18.9 Å². The minimum Gasteiger partial charge on any atom is -0.389 e. The molecule has 3 aromatic rings. The molecule has 1 saturated heterocycles. The number of hydrogen-bond acceptors (Lipinski definition) is 6. The van der Waals surface area contributed by atoms with Crippen LogP contribution in [0.5, 0.6) is 0 Å². The summed E-state index contributed by atoms with van der Waals surface area (Å²) in [6.07, 6.45) is 8.45. The second-order valence-corrected chi connectivity index (χ2v) is 10.6. The van der Waals surface area contributed by atoms with E-state index in [0.717, 1.165) is 52.6 Å². The molecule has 3 heterocycles. The van der Waals surface area contributed by atoms with E-state index < -0.39 is 5.60 Å². The number of nitrogens with zero attached hydrogens (tertiary/aromatic N) is 4. The molecule has 7 heteroatoms. The van der Waals surface area contributed by atoms with Crippen LogP contribution in [0.25, 0.3) is 16.9 Å². The van der Waals surface area contributed by atoms with E-state index in [9.17, 15) is 9.90 Å². The van der Waals surface area contributed by atoms with Crippen LogP contribution in [0.1, 0.15) is 68.3 Å². The lowest BCUT2D eigenvalue weighted by atomic mass is 9.98. The summed E-state index contributed by atoms with van der Waals surface area (Å²) in [6, 6.07) is 8.09. The standard InChI is InChI=1S/C27H35N5O2/c1-18-13-20(9-10-21(18)24(33)14-19-7-8-19)23-16-28-26-22(29-17-27(2,3)34)15-25(30-32(23)26)31-11-5-4-6-12-31/h9-10,13,15-16,19,29,34H,4-8,11-12,14,17H2,1-3H3. The van der Waals surface area contributed by atoms with E-state index in [2.05, 4.69) is 21.3 Å². The molecule has 7 nitrogen and oxygen atoms in total. The maximum absolute atomic E-state index is 12.7.